The molecule has 0 saturated carbocycles. The molecular weight excluding hydrogens is 529 g/mol. The van der Waals surface area contributed by atoms with Crippen molar-refractivity contribution in [2.75, 3.05) is 7.11 Å². The SMILES string of the molecule is COc1cc(C=NNC(=O)c2cccnc2Cl)c(Br)cc1OCc1ccc(Cl)c(Cl)c1. The number of amides is 1. The molecule has 3 rings (SSSR count). The fraction of sp³-hybridized carbons (Fsp3) is 0.0952. The van der Waals surface area contributed by atoms with E-state index in [1.54, 1.807) is 36.4 Å². The molecule has 0 aliphatic heterocycles. The summed E-state index contributed by atoms with van der Waals surface area (Å²) in [6.45, 7) is 0.273. The summed E-state index contributed by atoms with van der Waals surface area (Å²) < 4.78 is 12.0. The first-order chi connectivity index (χ1) is 14.9. The fourth-order valence-corrected chi connectivity index (χ4v) is 3.44. The Balaban J connectivity index is 1.71. The highest BCUT2D eigenvalue weighted by Crippen LogP contribution is 2.34. The van der Waals surface area contributed by atoms with Gasteiger partial charge in [-0.15, -0.1) is 0 Å². The predicted octanol–water partition coefficient (Wildman–Crippen LogP) is 6.16. The van der Waals surface area contributed by atoms with Crippen LogP contribution in [0.4, 0.5) is 0 Å². The number of carbonyl (C=O) groups is 1. The van der Waals surface area contributed by atoms with Crippen molar-refractivity contribution in [2.45, 2.75) is 6.61 Å². The molecule has 1 aromatic heterocycles. The molecule has 6 nitrogen and oxygen atoms in total. The van der Waals surface area contributed by atoms with Gasteiger partial charge in [-0.25, -0.2) is 10.4 Å². The number of rotatable bonds is 7. The van der Waals surface area contributed by atoms with E-state index in [-0.39, 0.29) is 17.3 Å². The van der Waals surface area contributed by atoms with Crippen LogP contribution in [0.5, 0.6) is 11.5 Å². The molecular formula is C21H15BrCl3N3O3. The lowest BCUT2D eigenvalue weighted by atomic mass is 10.2. The number of hydrogen-bond acceptors (Lipinski definition) is 5. The van der Waals surface area contributed by atoms with Crippen LogP contribution in [0.15, 0.2) is 58.2 Å². The van der Waals surface area contributed by atoms with Gasteiger partial charge in [0.1, 0.15) is 11.8 Å². The Morgan fingerprint density at radius 1 is 1.16 bits per heavy atom. The highest BCUT2D eigenvalue weighted by atomic mass is 79.9. The molecule has 31 heavy (non-hydrogen) atoms. The number of hydrogen-bond donors (Lipinski definition) is 1. The Kier molecular flexibility index (Phi) is 8.15. The Bertz CT molecular complexity index is 1140. The van der Waals surface area contributed by atoms with Crippen LogP contribution >= 0.6 is 50.7 Å². The number of ether oxygens (including phenoxy) is 2. The van der Waals surface area contributed by atoms with E-state index in [0.29, 0.717) is 31.6 Å². The van der Waals surface area contributed by atoms with Crippen LogP contribution in [0.25, 0.3) is 0 Å². The van der Waals surface area contributed by atoms with Crippen molar-refractivity contribution >= 4 is 62.9 Å². The molecule has 0 unspecified atom stereocenters. The Morgan fingerprint density at radius 2 is 1.97 bits per heavy atom. The molecule has 0 fully saturated rings. The van der Waals surface area contributed by atoms with Crippen LogP contribution in [-0.4, -0.2) is 24.2 Å². The van der Waals surface area contributed by atoms with Gasteiger partial charge in [0.25, 0.3) is 5.91 Å². The number of methoxy groups -OCH3 is 1. The van der Waals surface area contributed by atoms with Gasteiger partial charge in [0.15, 0.2) is 11.5 Å². The van der Waals surface area contributed by atoms with Crippen LogP contribution in [0, 0.1) is 0 Å². The maximum atomic E-state index is 12.2. The largest absolute Gasteiger partial charge is 0.493 e. The van der Waals surface area contributed by atoms with Crippen LogP contribution < -0.4 is 14.9 Å². The van der Waals surface area contributed by atoms with Crippen molar-refractivity contribution in [2.24, 2.45) is 5.10 Å². The van der Waals surface area contributed by atoms with E-state index in [0.717, 1.165) is 5.56 Å². The second kappa shape index (κ2) is 10.8. The van der Waals surface area contributed by atoms with Gasteiger partial charge in [-0.1, -0.05) is 40.9 Å². The molecule has 1 amide bonds. The standard InChI is InChI=1S/C21H15BrCl3N3O3/c1-30-18-8-13(10-27-28-21(29)14-3-2-6-26-20(14)25)15(22)9-19(18)31-11-12-4-5-16(23)17(24)7-12/h2-10H,11H2,1H3,(H,28,29). The van der Waals surface area contributed by atoms with Gasteiger partial charge >= 0.3 is 0 Å². The van der Waals surface area contributed by atoms with Crippen LogP contribution in [0.3, 0.4) is 0 Å². The lowest BCUT2D eigenvalue weighted by Crippen LogP contribution is -2.18. The minimum absolute atomic E-state index is 0.0986. The number of carbonyl (C=O) groups excluding carboxylic acids is 1. The van der Waals surface area contributed by atoms with Gasteiger partial charge < -0.3 is 9.47 Å². The third-order valence-corrected chi connectivity index (χ3v) is 5.76. The number of halogens is 4. The van der Waals surface area contributed by atoms with E-state index in [2.05, 4.69) is 31.4 Å². The summed E-state index contributed by atoms with van der Waals surface area (Å²) in [7, 11) is 1.53. The molecule has 0 spiro atoms. The first-order valence-electron chi connectivity index (χ1n) is 8.77. The van der Waals surface area contributed by atoms with Gasteiger partial charge in [-0.3, -0.25) is 4.79 Å². The summed E-state index contributed by atoms with van der Waals surface area (Å²) >= 11 is 21.4. The van der Waals surface area contributed by atoms with E-state index in [1.165, 1.54) is 19.5 Å². The van der Waals surface area contributed by atoms with Crippen molar-refractivity contribution < 1.29 is 14.3 Å². The van der Waals surface area contributed by atoms with E-state index in [9.17, 15) is 4.79 Å². The van der Waals surface area contributed by atoms with Crippen molar-refractivity contribution in [3.63, 3.8) is 0 Å². The van der Waals surface area contributed by atoms with Gasteiger partial charge in [0.2, 0.25) is 0 Å². The molecule has 0 saturated heterocycles. The zero-order valence-electron chi connectivity index (χ0n) is 16.0. The summed E-state index contributed by atoms with van der Waals surface area (Å²) in [6, 6.07) is 11.9. The van der Waals surface area contributed by atoms with Gasteiger partial charge in [-0.05, 0) is 57.9 Å². The minimum Gasteiger partial charge on any atom is -0.493 e. The monoisotopic (exact) mass is 541 g/mol. The number of benzene rings is 2. The zero-order chi connectivity index (χ0) is 22.4. The quantitative estimate of drug-likeness (QED) is 0.220. The van der Waals surface area contributed by atoms with Crippen LogP contribution in [0.1, 0.15) is 21.5 Å². The van der Waals surface area contributed by atoms with Crippen molar-refractivity contribution in [3.05, 3.63) is 85.0 Å². The molecule has 2 aromatic carbocycles. The van der Waals surface area contributed by atoms with Gasteiger partial charge in [0.05, 0.1) is 28.9 Å². The molecule has 160 valence electrons. The summed E-state index contributed by atoms with van der Waals surface area (Å²) in [5, 5.41) is 5.01. The summed E-state index contributed by atoms with van der Waals surface area (Å²) in [4.78, 5) is 16.0. The van der Waals surface area contributed by atoms with Crippen molar-refractivity contribution in [1.82, 2.24) is 10.4 Å². The number of nitrogens with zero attached hydrogens (tertiary/aromatic N) is 2. The molecule has 0 bridgehead atoms. The number of aromatic nitrogens is 1. The van der Waals surface area contributed by atoms with Crippen LogP contribution in [0.2, 0.25) is 15.2 Å². The Morgan fingerprint density at radius 3 is 2.68 bits per heavy atom. The average molecular weight is 544 g/mol. The first-order valence-corrected chi connectivity index (χ1v) is 10.7. The van der Waals surface area contributed by atoms with Crippen molar-refractivity contribution in [3.8, 4) is 11.5 Å². The second-order valence-corrected chi connectivity index (χ2v) is 8.13. The number of pyridine rings is 1. The molecule has 3 aromatic rings. The Hall–Kier alpha value is -2.32. The third kappa shape index (κ3) is 6.11. The lowest BCUT2D eigenvalue weighted by Gasteiger charge is -2.13. The van der Waals surface area contributed by atoms with Crippen molar-refractivity contribution in [1.29, 1.82) is 0 Å². The predicted molar refractivity (Wildman–Crippen MR) is 126 cm³/mol. The second-order valence-electron chi connectivity index (χ2n) is 6.10. The minimum atomic E-state index is -0.473. The maximum absolute atomic E-state index is 12.2. The molecule has 0 atom stereocenters. The maximum Gasteiger partial charge on any atom is 0.274 e. The lowest BCUT2D eigenvalue weighted by molar-refractivity contribution is 0.0955. The van der Waals surface area contributed by atoms with E-state index in [1.807, 2.05) is 6.07 Å². The molecule has 0 radical (unpaired) electrons. The molecule has 1 N–H and O–H groups in total. The number of hydrazone groups is 1. The highest BCUT2D eigenvalue weighted by molar-refractivity contribution is 9.10. The van der Waals surface area contributed by atoms with Gasteiger partial charge in [-0.2, -0.15) is 5.10 Å². The highest BCUT2D eigenvalue weighted by Gasteiger charge is 2.12. The summed E-state index contributed by atoms with van der Waals surface area (Å²) in [5.41, 5.74) is 4.16. The number of nitrogens with one attached hydrogen (secondary N) is 1. The molecule has 0 aliphatic rings. The van der Waals surface area contributed by atoms with E-state index < -0.39 is 5.91 Å². The molecule has 1 heterocycles. The Labute approximate surface area is 202 Å². The van der Waals surface area contributed by atoms with Gasteiger partial charge in [0, 0.05) is 16.2 Å². The summed E-state index contributed by atoms with van der Waals surface area (Å²) in [6.07, 6.45) is 2.97. The average Bonchev–Trinajstić information content (AvgIpc) is 2.76. The molecule has 10 heteroatoms. The van der Waals surface area contributed by atoms with E-state index in [4.69, 9.17) is 44.3 Å². The summed E-state index contributed by atoms with van der Waals surface area (Å²) in [5.74, 6) is 0.536. The normalized spacial score (nSPS) is 10.9. The van der Waals surface area contributed by atoms with Crippen LogP contribution in [-0.2, 0) is 6.61 Å². The third-order valence-electron chi connectivity index (χ3n) is 4.03. The zero-order valence-corrected chi connectivity index (χ0v) is 19.9. The fourth-order valence-electron chi connectivity index (χ4n) is 2.49. The molecule has 0 aliphatic carbocycles. The van der Waals surface area contributed by atoms with E-state index >= 15 is 0 Å². The first kappa shape index (κ1) is 23.3. The topological polar surface area (TPSA) is 72.8 Å². The smallest absolute Gasteiger partial charge is 0.274 e.